The molecule has 9 heteroatoms. The lowest BCUT2D eigenvalue weighted by Crippen LogP contribution is -2.38. The first-order valence-corrected chi connectivity index (χ1v) is 17.6. The van der Waals surface area contributed by atoms with Crippen LogP contribution in [0, 0.1) is 0 Å². The number of carbonyl (C=O) groups is 1. The van der Waals surface area contributed by atoms with Crippen LogP contribution in [0.3, 0.4) is 0 Å². The summed E-state index contributed by atoms with van der Waals surface area (Å²) in [4.78, 5) is 14.6. The lowest BCUT2D eigenvalue weighted by Gasteiger charge is -2.25. The second-order valence-electron chi connectivity index (χ2n) is 11.8. The van der Waals surface area contributed by atoms with Crippen molar-refractivity contribution in [2.24, 2.45) is 0 Å². The number of aliphatic hydroxyl groups excluding tert-OH is 1. The van der Waals surface area contributed by atoms with E-state index in [1.54, 1.807) is 50.5 Å². The van der Waals surface area contributed by atoms with E-state index in [-0.39, 0.29) is 33.9 Å². The molecular formula is C39H39ClN2O5S. The molecule has 0 saturated carbocycles. The van der Waals surface area contributed by atoms with Crippen LogP contribution < -0.4 is 10.1 Å². The van der Waals surface area contributed by atoms with Crippen LogP contribution >= 0.6 is 11.6 Å². The van der Waals surface area contributed by atoms with Gasteiger partial charge in [-0.25, -0.2) is 8.42 Å². The summed E-state index contributed by atoms with van der Waals surface area (Å²) < 4.78 is 33.3. The normalized spacial score (nSPS) is 12.7. The molecule has 0 aromatic heterocycles. The average molecular weight is 683 g/mol. The zero-order valence-corrected chi connectivity index (χ0v) is 28.5. The first-order valence-electron chi connectivity index (χ1n) is 15.7. The van der Waals surface area contributed by atoms with Gasteiger partial charge in [-0.05, 0) is 84.1 Å². The Morgan fingerprint density at radius 2 is 1.44 bits per heavy atom. The van der Waals surface area contributed by atoms with Gasteiger partial charge in [0.25, 0.3) is 5.91 Å². The van der Waals surface area contributed by atoms with Crippen molar-refractivity contribution in [1.82, 2.24) is 10.2 Å². The Hall–Kier alpha value is -4.47. The summed E-state index contributed by atoms with van der Waals surface area (Å²) in [7, 11) is -0.699. The van der Waals surface area contributed by atoms with E-state index in [1.165, 1.54) is 23.1 Å². The maximum atomic E-state index is 13.7. The number of nitrogens with one attached hydrogen (secondary N) is 1. The van der Waals surface area contributed by atoms with Crippen molar-refractivity contribution >= 4 is 27.3 Å². The number of benzene rings is 5. The summed E-state index contributed by atoms with van der Waals surface area (Å²) >= 11 is 6.20. The molecule has 1 unspecified atom stereocenters. The monoisotopic (exact) mass is 682 g/mol. The fourth-order valence-corrected chi connectivity index (χ4v) is 6.89. The van der Waals surface area contributed by atoms with E-state index in [1.807, 2.05) is 72.8 Å². The minimum absolute atomic E-state index is 0.00735. The van der Waals surface area contributed by atoms with Crippen molar-refractivity contribution in [3.05, 3.63) is 160 Å². The summed E-state index contributed by atoms with van der Waals surface area (Å²) in [6, 6.07) is 37.6. The number of amides is 1. The minimum Gasteiger partial charge on any atom is -0.488 e. The van der Waals surface area contributed by atoms with Crippen molar-refractivity contribution in [2.45, 2.75) is 41.4 Å². The van der Waals surface area contributed by atoms with Crippen LogP contribution in [-0.4, -0.2) is 51.0 Å². The quantitative estimate of drug-likeness (QED) is 0.132. The number of halogens is 1. The molecule has 0 spiro atoms. The molecule has 1 amide bonds. The van der Waals surface area contributed by atoms with Crippen LogP contribution in [0.15, 0.2) is 137 Å². The number of hydrogen-bond acceptors (Lipinski definition) is 6. The Morgan fingerprint density at radius 3 is 2.08 bits per heavy atom. The SMILES string of the molecule is CN(C)C(=O)c1cc(S(=O)(=O)c2ccc(CCNC(Cc3ccccc3)[C@H](O)c3cccc(Cl)c3)cc2)ccc1OCc1ccccc1. The largest absolute Gasteiger partial charge is 0.488 e. The first-order chi connectivity index (χ1) is 23.1. The van der Waals surface area contributed by atoms with Crippen molar-refractivity contribution in [2.75, 3.05) is 20.6 Å². The highest BCUT2D eigenvalue weighted by Gasteiger charge is 2.24. The number of rotatable bonds is 14. The van der Waals surface area contributed by atoms with Gasteiger partial charge >= 0.3 is 0 Å². The van der Waals surface area contributed by atoms with Crippen molar-refractivity contribution in [3.63, 3.8) is 0 Å². The fourth-order valence-electron chi connectivity index (χ4n) is 5.41. The van der Waals surface area contributed by atoms with E-state index in [0.29, 0.717) is 30.2 Å². The molecule has 48 heavy (non-hydrogen) atoms. The molecule has 5 rings (SSSR count). The highest BCUT2D eigenvalue weighted by molar-refractivity contribution is 7.91. The Kier molecular flexibility index (Phi) is 11.7. The third-order valence-corrected chi connectivity index (χ3v) is 10.1. The zero-order valence-electron chi connectivity index (χ0n) is 26.9. The summed E-state index contributed by atoms with van der Waals surface area (Å²) in [5.74, 6) is -0.0468. The molecule has 0 radical (unpaired) electrons. The second-order valence-corrected chi connectivity index (χ2v) is 14.2. The average Bonchev–Trinajstić information content (AvgIpc) is 3.10. The molecule has 5 aromatic rings. The number of ether oxygens (including phenoxy) is 1. The van der Waals surface area contributed by atoms with Crippen LogP contribution in [0.4, 0.5) is 0 Å². The molecular weight excluding hydrogens is 644 g/mol. The molecule has 2 N–H and O–H groups in total. The third-order valence-electron chi connectivity index (χ3n) is 8.06. The van der Waals surface area contributed by atoms with Gasteiger partial charge < -0.3 is 20.1 Å². The smallest absolute Gasteiger partial charge is 0.257 e. The van der Waals surface area contributed by atoms with E-state index in [9.17, 15) is 18.3 Å². The van der Waals surface area contributed by atoms with Gasteiger partial charge in [0, 0.05) is 25.2 Å². The predicted octanol–water partition coefficient (Wildman–Crippen LogP) is 6.93. The molecule has 0 aliphatic heterocycles. The molecule has 7 nitrogen and oxygen atoms in total. The molecule has 2 atom stereocenters. The highest BCUT2D eigenvalue weighted by Crippen LogP contribution is 2.29. The van der Waals surface area contributed by atoms with Crippen LogP contribution in [0.5, 0.6) is 5.75 Å². The standard InChI is InChI=1S/C39H39ClN2O5S/c1-42(2)39(44)35-26-34(20-21-37(35)47-27-30-12-7-4-8-13-30)48(45,46)33-18-16-28(17-19-33)22-23-41-36(24-29-10-5-3-6-11-29)38(43)31-14-9-15-32(40)25-31/h3-21,25-26,36,38,41,43H,22-24,27H2,1-2H3/t36?,38-/m1/s1. The van der Waals surface area contributed by atoms with Gasteiger partial charge in [0.2, 0.25) is 9.84 Å². The van der Waals surface area contributed by atoms with Gasteiger partial charge in [0.05, 0.1) is 21.5 Å². The third kappa shape index (κ3) is 8.90. The van der Waals surface area contributed by atoms with Crippen LogP contribution in [0.25, 0.3) is 0 Å². The van der Waals surface area contributed by atoms with E-state index in [2.05, 4.69) is 5.32 Å². The lowest BCUT2D eigenvalue weighted by molar-refractivity contribution is 0.0822. The summed E-state index contributed by atoms with van der Waals surface area (Å²) in [5.41, 5.74) is 3.86. The van der Waals surface area contributed by atoms with E-state index in [0.717, 1.165) is 22.3 Å². The fraction of sp³-hybridized carbons (Fsp3) is 0.205. The Morgan fingerprint density at radius 1 is 0.792 bits per heavy atom. The number of nitrogens with zero attached hydrogens (tertiary/aromatic N) is 1. The number of sulfone groups is 1. The highest BCUT2D eigenvalue weighted by atomic mass is 35.5. The number of aliphatic hydroxyl groups is 1. The van der Waals surface area contributed by atoms with Gasteiger partial charge in [-0.1, -0.05) is 96.5 Å². The molecule has 0 saturated heterocycles. The van der Waals surface area contributed by atoms with Crippen molar-refractivity contribution in [1.29, 1.82) is 0 Å². The van der Waals surface area contributed by atoms with Gasteiger partial charge in [-0.15, -0.1) is 0 Å². The molecule has 0 bridgehead atoms. The first kappa shape index (κ1) is 34.9. The summed E-state index contributed by atoms with van der Waals surface area (Å²) in [6.07, 6.45) is 0.443. The Bertz CT molecular complexity index is 1920. The lowest BCUT2D eigenvalue weighted by atomic mass is 9.96. The minimum atomic E-state index is -3.92. The predicted molar refractivity (Wildman–Crippen MR) is 189 cm³/mol. The van der Waals surface area contributed by atoms with Gasteiger partial charge in [-0.2, -0.15) is 0 Å². The molecule has 0 fully saturated rings. The van der Waals surface area contributed by atoms with Crippen LogP contribution in [-0.2, 0) is 29.3 Å². The molecule has 248 valence electrons. The zero-order chi connectivity index (χ0) is 34.1. The van der Waals surface area contributed by atoms with Gasteiger partial charge in [-0.3, -0.25) is 4.79 Å². The maximum Gasteiger partial charge on any atom is 0.257 e. The topological polar surface area (TPSA) is 95.9 Å². The van der Waals surface area contributed by atoms with Crippen molar-refractivity contribution in [3.8, 4) is 5.75 Å². The number of carbonyl (C=O) groups excluding carboxylic acids is 1. The van der Waals surface area contributed by atoms with Gasteiger partial charge in [0.15, 0.2) is 0 Å². The molecule has 5 aromatic carbocycles. The molecule has 0 aliphatic carbocycles. The number of hydrogen-bond donors (Lipinski definition) is 2. The van der Waals surface area contributed by atoms with E-state index >= 15 is 0 Å². The summed E-state index contributed by atoms with van der Waals surface area (Å²) in [5, 5.41) is 15.3. The van der Waals surface area contributed by atoms with Crippen LogP contribution in [0.2, 0.25) is 5.02 Å². The molecule has 0 aliphatic rings. The van der Waals surface area contributed by atoms with Crippen LogP contribution in [0.1, 0.15) is 38.7 Å². The molecule has 0 heterocycles. The van der Waals surface area contributed by atoms with Crippen molar-refractivity contribution < 1.29 is 23.1 Å². The Labute approximate surface area is 287 Å². The maximum absolute atomic E-state index is 13.7. The second kappa shape index (κ2) is 16.1. The van der Waals surface area contributed by atoms with E-state index < -0.39 is 15.9 Å². The summed E-state index contributed by atoms with van der Waals surface area (Å²) in [6.45, 7) is 0.797. The van der Waals surface area contributed by atoms with Gasteiger partial charge in [0.1, 0.15) is 12.4 Å². The van der Waals surface area contributed by atoms with E-state index in [4.69, 9.17) is 16.3 Å². The Balaban J connectivity index is 1.28.